The molecule has 0 aliphatic carbocycles. The Balaban J connectivity index is 1.80. The van der Waals surface area contributed by atoms with Gasteiger partial charge in [-0.25, -0.2) is 9.37 Å². The Hall–Kier alpha value is -3.93. The monoisotopic (exact) mass is 407 g/mol. The van der Waals surface area contributed by atoms with Crippen LogP contribution in [-0.4, -0.2) is 45.7 Å². The van der Waals surface area contributed by atoms with E-state index in [2.05, 4.69) is 20.7 Å². The molecule has 3 rings (SSSR count). The van der Waals surface area contributed by atoms with Crippen molar-refractivity contribution < 1.29 is 9.18 Å². The van der Waals surface area contributed by atoms with E-state index in [1.165, 1.54) is 17.0 Å². The van der Waals surface area contributed by atoms with E-state index in [0.717, 1.165) is 11.1 Å². The number of carbonyl (C=O) groups excluding carboxylic acids is 1. The summed E-state index contributed by atoms with van der Waals surface area (Å²) in [6, 6.07) is 10.6. The zero-order valence-electron chi connectivity index (χ0n) is 16.9. The third kappa shape index (κ3) is 4.72. The van der Waals surface area contributed by atoms with Gasteiger partial charge in [-0.05, 0) is 29.8 Å². The van der Waals surface area contributed by atoms with Gasteiger partial charge in [-0.15, -0.1) is 0 Å². The lowest BCUT2D eigenvalue weighted by molar-refractivity contribution is -0.120. The van der Waals surface area contributed by atoms with Gasteiger partial charge in [0.1, 0.15) is 23.5 Å². The highest BCUT2D eigenvalue weighted by molar-refractivity contribution is 5.95. The van der Waals surface area contributed by atoms with E-state index in [-0.39, 0.29) is 18.1 Å². The second-order valence-corrected chi connectivity index (χ2v) is 6.76. The van der Waals surface area contributed by atoms with Crippen molar-refractivity contribution in [3.8, 4) is 17.5 Å². The molecule has 30 heavy (non-hydrogen) atoms. The van der Waals surface area contributed by atoms with Crippen molar-refractivity contribution in [3.05, 3.63) is 60.0 Å². The molecular formula is C21H22FN7O. The molecule has 2 heterocycles. The van der Waals surface area contributed by atoms with E-state index in [9.17, 15) is 14.4 Å². The van der Waals surface area contributed by atoms with Gasteiger partial charge in [0.2, 0.25) is 5.91 Å². The molecule has 1 aromatic carbocycles. The van der Waals surface area contributed by atoms with Crippen molar-refractivity contribution in [2.75, 3.05) is 24.7 Å². The zero-order valence-corrected chi connectivity index (χ0v) is 16.9. The smallest absolute Gasteiger partial charge is 0.249 e. The van der Waals surface area contributed by atoms with Crippen molar-refractivity contribution in [1.29, 1.82) is 5.26 Å². The van der Waals surface area contributed by atoms with E-state index in [1.807, 2.05) is 18.3 Å². The molecule has 0 bridgehead atoms. The molecule has 9 heteroatoms. The number of amides is 1. The molecule has 1 amide bonds. The number of nitrogens with zero attached hydrogens (tertiary/aromatic N) is 5. The lowest BCUT2D eigenvalue weighted by atomic mass is 10.0. The molecule has 8 nitrogen and oxygen atoms in total. The summed E-state index contributed by atoms with van der Waals surface area (Å²) in [5, 5.41) is 19.6. The average molecular weight is 407 g/mol. The topological polar surface area (TPSA) is 98.9 Å². The minimum atomic E-state index is -0.754. The standard InChI is InChI=1S/C21H22FN7O/c1-24-19-11-15(8-9-25-19)17-12-20(29(3)27-17)26-21(30)18(28(2)13-23)10-14-4-6-16(22)7-5-14/h4-9,11-12,18H,10H2,1-3H3,(H,24,25)(H,26,30)/t18-/m0/s1. The number of pyridine rings is 1. The summed E-state index contributed by atoms with van der Waals surface area (Å²) < 4.78 is 14.7. The van der Waals surface area contributed by atoms with E-state index in [0.29, 0.717) is 17.3 Å². The number of halogens is 1. The number of hydrogen-bond donors (Lipinski definition) is 2. The molecule has 0 aliphatic rings. The fourth-order valence-electron chi connectivity index (χ4n) is 2.98. The van der Waals surface area contributed by atoms with Crippen LogP contribution in [0.3, 0.4) is 0 Å². The summed E-state index contributed by atoms with van der Waals surface area (Å²) in [6.45, 7) is 0. The van der Waals surface area contributed by atoms with Gasteiger partial charge in [0.25, 0.3) is 0 Å². The maximum atomic E-state index is 13.2. The lowest BCUT2D eigenvalue weighted by Crippen LogP contribution is -2.41. The first-order valence-electron chi connectivity index (χ1n) is 9.27. The number of hydrogen-bond acceptors (Lipinski definition) is 6. The Bertz CT molecular complexity index is 1070. The van der Waals surface area contributed by atoms with Crippen LogP contribution in [-0.2, 0) is 18.3 Å². The Labute approximate surface area is 174 Å². The van der Waals surface area contributed by atoms with Gasteiger partial charge in [-0.2, -0.15) is 10.4 Å². The summed E-state index contributed by atoms with van der Waals surface area (Å²) >= 11 is 0. The van der Waals surface area contributed by atoms with Crippen LogP contribution in [0.4, 0.5) is 16.0 Å². The van der Waals surface area contributed by atoms with Crippen molar-refractivity contribution in [2.45, 2.75) is 12.5 Å². The molecule has 3 aromatic rings. The highest BCUT2D eigenvalue weighted by Crippen LogP contribution is 2.23. The van der Waals surface area contributed by atoms with E-state index < -0.39 is 6.04 Å². The SMILES string of the molecule is CNc1cc(-c2cc(NC(=O)[C@H](Cc3ccc(F)cc3)N(C)C#N)n(C)n2)ccn1. The minimum absolute atomic E-state index is 0.261. The van der Waals surface area contributed by atoms with Gasteiger partial charge >= 0.3 is 0 Å². The van der Waals surface area contributed by atoms with Crippen LogP contribution in [0.1, 0.15) is 5.56 Å². The maximum Gasteiger partial charge on any atom is 0.249 e. The predicted molar refractivity (Wildman–Crippen MR) is 112 cm³/mol. The Morgan fingerprint density at radius 1 is 1.30 bits per heavy atom. The summed E-state index contributed by atoms with van der Waals surface area (Å²) in [4.78, 5) is 18.4. The predicted octanol–water partition coefficient (Wildman–Crippen LogP) is 2.63. The molecule has 0 spiro atoms. The third-order valence-corrected chi connectivity index (χ3v) is 4.71. The Morgan fingerprint density at radius 2 is 2.03 bits per heavy atom. The summed E-state index contributed by atoms with van der Waals surface area (Å²) in [5.41, 5.74) is 2.28. The molecule has 154 valence electrons. The third-order valence-electron chi connectivity index (χ3n) is 4.71. The fourth-order valence-corrected chi connectivity index (χ4v) is 2.98. The molecule has 2 N–H and O–H groups in total. The number of nitrogens with one attached hydrogen (secondary N) is 2. The number of aromatic nitrogens is 3. The van der Waals surface area contributed by atoms with Crippen LogP contribution in [0.5, 0.6) is 0 Å². The molecule has 1 atom stereocenters. The minimum Gasteiger partial charge on any atom is -0.373 e. The number of likely N-dealkylation sites (N-methyl/N-ethyl adjacent to an activating group) is 1. The number of rotatable bonds is 7. The number of carbonyl (C=O) groups is 1. The fraction of sp³-hybridized carbons (Fsp3) is 0.238. The number of nitriles is 1. The van der Waals surface area contributed by atoms with Crippen molar-refractivity contribution in [3.63, 3.8) is 0 Å². The second kappa shape index (κ2) is 9.05. The van der Waals surface area contributed by atoms with E-state index in [4.69, 9.17) is 0 Å². The molecule has 0 radical (unpaired) electrons. The van der Waals surface area contributed by atoms with Crippen LogP contribution in [0.2, 0.25) is 0 Å². The number of aryl methyl sites for hydroxylation is 1. The van der Waals surface area contributed by atoms with Gasteiger partial charge in [-0.3, -0.25) is 9.48 Å². The van der Waals surface area contributed by atoms with Gasteiger partial charge in [0, 0.05) is 45.4 Å². The molecular weight excluding hydrogens is 385 g/mol. The van der Waals surface area contributed by atoms with Gasteiger partial charge < -0.3 is 15.5 Å². The largest absolute Gasteiger partial charge is 0.373 e. The van der Waals surface area contributed by atoms with Gasteiger partial charge in [-0.1, -0.05) is 12.1 Å². The Morgan fingerprint density at radius 3 is 2.70 bits per heavy atom. The van der Waals surface area contributed by atoms with Crippen molar-refractivity contribution in [1.82, 2.24) is 19.7 Å². The van der Waals surface area contributed by atoms with Crippen LogP contribution in [0, 0.1) is 17.3 Å². The molecule has 0 saturated heterocycles. The van der Waals surface area contributed by atoms with Crippen molar-refractivity contribution in [2.24, 2.45) is 7.05 Å². The van der Waals surface area contributed by atoms with E-state index >= 15 is 0 Å². The maximum absolute atomic E-state index is 13.2. The zero-order chi connectivity index (χ0) is 21.7. The molecule has 0 saturated carbocycles. The second-order valence-electron chi connectivity index (χ2n) is 6.76. The number of anilines is 2. The first-order valence-corrected chi connectivity index (χ1v) is 9.27. The van der Waals surface area contributed by atoms with Crippen LogP contribution >= 0.6 is 0 Å². The summed E-state index contributed by atoms with van der Waals surface area (Å²) in [6.07, 6.45) is 3.92. The normalized spacial score (nSPS) is 11.4. The summed E-state index contributed by atoms with van der Waals surface area (Å²) in [5.74, 6) is 0.490. The quantitative estimate of drug-likeness (QED) is 0.461. The molecule has 0 aliphatic heterocycles. The average Bonchev–Trinajstić information content (AvgIpc) is 3.13. The van der Waals surface area contributed by atoms with Crippen molar-refractivity contribution >= 4 is 17.5 Å². The highest BCUT2D eigenvalue weighted by atomic mass is 19.1. The molecule has 0 unspecified atom stereocenters. The summed E-state index contributed by atoms with van der Waals surface area (Å²) in [7, 11) is 5.05. The first kappa shape index (κ1) is 20.8. The molecule has 0 fully saturated rings. The Kier molecular flexibility index (Phi) is 6.27. The first-order chi connectivity index (χ1) is 14.4. The van der Waals surface area contributed by atoms with Gasteiger partial charge in [0.05, 0.1) is 5.69 Å². The number of benzene rings is 1. The van der Waals surface area contributed by atoms with Crippen LogP contribution in [0.25, 0.3) is 11.3 Å². The highest BCUT2D eigenvalue weighted by Gasteiger charge is 2.24. The van der Waals surface area contributed by atoms with Gasteiger partial charge in [0.15, 0.2) is 6.19 Å². The van der Waals surface area contributed by atoms with Crippen LogP contribution in [0.15, 0.2) is 48.7 Å². The van der Waals surface area contributed by atoms with Crippen LogP contribution < -0.4 is 10.6 Å². The lowest BCUT2D eigenvalue weighted by Gasteiger charge is -2.22. The molecule has 2 aromatic heterocycles. The van der Waals surface area contributed by atoms with E-state index in [1.54, 1.807) is 50.2 Å².